The van der Waals surface area contributed by atoms with Crippen LogP contribution in [0.2, 0.25) is 0 Å². The van der Waals surface area contributed by atoms with Crippen molar-refractivity contribution >= 4 is 11.4 Å². The molecule has 0 saturated heterocycles. The third kappa shape index (κ3) is 6.13. The summed E-state index contributed by atoms with van der Waals surface area (Å²) in [5, 5.41) is 0. The lowest BCUT2D eigenvalue weighted by atomic mass is 9.86. The molecule has 0 spiro atoms. The Bertz CT molecular complexity index is 1560. The van der Waals surface area contributed by atoms with E-state index in [2.05, 4.69) is 54.6 Å². The van der Waals surface area contributed by atoms with Crippen LogP contribution in [-0.2, 0) is 6.42 Å². The van der Waals surface area contributed by atoms with Crippen molar-refractivity contribution in [3.63, 3.8) is 0 Å². The van der Waals surface area contributed by atoms with Crippen molar-refractivity contribution in [1.29, 1.82) is 0 Å². The lowest BCUT2D eigenvalue weighted by molar-refractivity contribution is 0.481. The van der Waals surface area contributed by atoms with Crippen LogP contribution >= 0.6 is 0 Å². The first-order chi connectivity index (χ1) is 19.3. The predicted octanol–water partition coefficient (Wildman–Crippen LogP) is 9.04. The highest BCUT2D eigenvalue weighted by Crippen LogP contribution is 2.33. The molecule has 4 N–H and O–H groups in total. The standard InChI is InChI=1S/C36H36N2O2/c1-23-18-32(19-24(2)35(23)37)39-30-14-10-27(11-15-30)22-34(28-8-6-5-7-9-28)29-12-16-31(17-13-29)40-33-20-25(3)36(38)26(4)21-33/h5-21,34H,22,37-38H2,1-4H3. The van der Waals surface area contributed by atoms with E-state index in [1.165, 1.54) is 16.7 Å². The second-order valence-electron chi connectivity index (χ2n) is 10.5. The molecule has 5 rings (SSSR count). The number of benzene rings is 5. The zero-order valence-corrected chi connectivity index (χ0v) is 23.6. The number of aryl methyl sites for hydroxylation is 4. The molecule has 0 fully saturated rings. The van der Waals surface area contributed by atoms with Gasteiger partial charge in [-0.15, -0.1) is 0 Å². The van der Waals surface area contributed by atoms with Gasteiger partial charge in [0, 0.05) is 17.3 Å². The smallest absolute Gasteiger partial charge is 0.128 e. The highest BCUT2D eigenvalue weighted by molar-refractivity contribution is 5.57. The SMILES string of the molecule is Cc1cc(Oc2ccc(CC(c3ccccc3)c3ccc(Oc4cc(C)c(N)c(C)c4)cc3)cc2)cc(C)c1N. The fourth-order valence-electron chi connectivity index (χ4n) is 5.07. The Morgan fingerprint density at radius 2 is 0.900 bits per heavy atom. The van der Waals surface area contributed by atoms with Gasteiger partial charge in [0.2, 0.25) is 0 Å². The molecule has 0 aliphatic rings. The van der Waals surface area contributed by atoms with Crippen LogP contribution in [0.1, 0.15) is 44.9 Å². The van der Waals surface area contributed by atoms with Crippen molar-refractivity contribution in [3.8, 4) is 23.0 Å². The van der Waals surface area contributed by atoms with Gasteiger partial charge in [-0.05, 0) is 122 Å². The normalized spacial score (nSPS) is 11.7. The van der Waals surface area contributed by atoms with Gasteiger partial charge in [0.15, 0.2) is 0 Å². The monoisotopic (exact) mass is 528 g/mol. The van der Waals surface area contributed by atoms with Gasteiger partial charge in [0.25, 0.3) is 0 Å². The van der Waals surface area contributed by atoms with Gasteiger partial charge in [-0.2, -0.15) is 0 Å². The van der Waals surface area contributed by atoms with Gasteiger partial charge in [-0.1, -0.05) is 54.6 Å². The lowest BCUT2D eigenvalue weighted by Crippen LogP contribution is -2.05. The largest absolute Gasteiger partial charge is 0.457 e. The summed E-state index contributed by atoms with van der Waals surface area (Å²) in [4.78, 5) is 0. The number of hydrogen-bond donors (Lipinski definition) is 2. The maximum atomic E-state index is 6.16. The average Bonchev–Trinajstić information content (AvgIpc) is 2.95. The molecule has 0 aliphatic heterocycles. The number of hydrogen-bond acceptors (Lipinski definition) is 4. The Morgan fingerprint density at radius 3 is 1.35 bits per heavy atom. The van der Waals surface area contributed by atoms with Crippen LogP contribution < -0.4 is 20.9 Å². The molecule has 0 amide bonds. The molecule has 0 aromatic heterocycles. The van der Waals surface area contributed by atoms with Gasteiger partial charge in [0.1, 0.15) is 23.0 Å². The van der Waals surface area contributed by atoms with Gasteiger partial charge in [-0.25, -0.2) is 0 Å². The topological polar surface area (TPSA) is 70.5 Å². The highest BCUT2D eigenvalue weighted by atomic mass is 16.5. The van der Waals surface area contributed by atoms with E-state index in [-0.39, 0.29) is 5.92 Å². The van der Waals surface area contributed by atoms with Crippen LogP contribution in [0.3, 0.4) is 0 Å². The van der Waals surface area contributed by atoms with Crippen LogP contribution in [0, 0.1) is 27.7 Å². The third-order valence-electron chi connectivity index (χ3n) is 7.45. The zero-order valence-electron chi connectivity index (χ0n) is 23.6. The fourth-order valence-corrected chi connectivity index (χ4v) is 5.07. The predicted molar refractivity (Wildman–Crippen MR) is 166 cm³/mol. The van der Waals surface area contributed by atoms with Crippen molar-refractivity contribution in [3.05, 3.63) is 142 Å². The van der Waals surface area contributed by atoms with Crippen LogP contribution in [0.15, 0.2) is 103 Å². The van der Waals surface area contributed by atoms with Crippen molar-refractivity contribution in [2.75, 3.05) is 11.5 Å². The number of nitrogens with two attached hydrogens (primary N) is 2. The maximum Gasteiger partial charge on any atom is 0.128 e. The summed E-state index contributed by atoms with van der Waals surface area (Å²) >= 11 is 0. The molecular weight excluding hydrogens is 492 g/mol. The molecule has 4 heteroatoms. The number of rotatable bonds is 8. The molecular formula is C36H36N2O2. The van der Waals surface area contributed by atoms with Gasteiger partial charge < -0.3 is 20.9 Å². The Balaban J connectivity index is 1.34. The van der Waals surface area contributed by atoms with Crippen molar-refractivity contribution in [1.82, 2.24) is 0 Å². The molecule has 5 aromatic rings. The van der Waals surface area contributed by atoms with E-state index in [0.717, 1.165) is 63.0 Å². The summed E-state index contributed by atoms with van der Waals surface area (Å²) in [5.41, 5.74) is 21.6. The first kappa shape index (κ1) is 26.9. The summed E-state index contributed by atoms with van der Waals surface area (Å²) in [6, 6.07) is 35.3. The summed E-state index contributed by atoms with van der Waals surface area (Å²) in [6.07, 6.45) is 0.862. The first-order valence-corrected chi connectivity index (χ1v) is 13.6. The van der Waals surface area contributed by atoms with E-state index in [4.69, 9.17) is 20.9 Å². The minimum atomic E-state index is 0.199. The van der Waals surface area contributed by atoms with E-state index >= 15 is 0 Å². The molecule has 0 saturated carbocycles. The van der Waals surface area contributed by atoms with Gasteiger partial charge in [-0.3, -0.25) is 0 Å². The van der Waals surface area contributed by atoms with Gasteiger partial charge in [0.05, 0.1) is 0 Å². The molecule has 4 nitrogen and oxygen atoms in total. The van der Waals surface area contributed by atoms with E-state index in [9.17, 15) is 0 Å². The molecule has 0 bridgehead atoms. The quantitative estimate of drug-likeness (QED) is 0.197. The molecule has 40 heavy (non-hydrogen) atoms. The second-order valence-corrected chi connectivity index (χ2v) is 10.5. The van der Waals surface area contributed by atoms with E-state index in [1.807, 2.05) is 76.2 Å². The Morgan fingerprint density at radius 1 is 0.500 bits per heavy atom. The number of anilines is 2. The van der Waals surface area contributed by atoms with Crippen LogP contribution in [0.4, 0.5) is 11.4 Å². The average molecular weight is 529 g/mol. The number of nitrogen functional groups attached to an aromatic ring is 2. The third-order valence-corrected chi connectivity index (χ3v) is 7.45. The van der Waals surface area contributed by atoms with Crippen molar-refractivity contribution in [2.24, 2.45) is 0 Å². The molecule has 202 valence electrons. The molecule has 0 aliphatic carbocycles. The minimum Gasteiger partial charge on any atom is -0.457 e. The minimum absolute atomic E-state index is 0.199. The lowest BCUT2D eigenvalue weighted by Gasteiger charge is -2.19. The maximum absolute atomic E-state index is 6.16. The summed E-state index contributed by atoms with van der Waals surface area (Å²) in [6.45, 7) is 8.00. The Hall–Kier alpha value is -4.70. The summed E-state index contributed by atoms with van der Waals surface area (Å²) in [5.74, 6) is 3.39. The van der Waals surface area contributed by atoms with E-state index in [1.54, 1.807) is 0 Å². The van der Waals surface area contributed by atoms with Crippen LogP contribution in [-0.4, -0.2) is 0 Å². The summed E-state index contributed by atoms with van der Waals surface area (Å²) < 4.78 is 12.3. The van der Waals surface area contributed by atoms with E-state index in [0.29, 0.717) is 0 Å². The van der Waals surface area contributed by atoms with Crippen LogP contribution in [0.5, 0.6) is 23.0 Å². The summed E-state index contributed by atoms with van der Waals surface area (Å²) in [7, 11) is 0. The molecule has 1 atom stereocenters. The zero-order chi connectivity index (χ0) is 28.2. The fraction of sp³-hybridized carbons (Fsp3) is 0.167. The van der Waals surface area contributed by atoms with Gasteiger partial charge >= 0.3 is 0 Å². The van der Waals surface area contributed by atoms with Crippen molar-refractivity contribution < 1.29 is 9.47 Å². The number of ether oxygens (including phenoxy) is 2. The van der Waals surface area contributed by atoms with E-state index < -0.39 is 0 Å². The van der Waals surface area contributed by atoms with Crippen molar-refractivity contribution in [2.45, 2.75) is 40.0 Å². The highest BCUT2D eigenvalue weighted by Gasteiger charge is 2.16. The first-order valence-electron chi connectivity index (χ1n) is 13.6. The molecule has 0 heterocycles. The second kappa shape index (κ2) is 11.6. The Kier molecular flexibility index (Phi) is 7.79. The van der Waals surface area contributed by atoms with Crippen LogP contribution in [0.25, 0.3) is 0 Å². The Labute approximate surface area is 237 Å². The molecule has 5 aromatic carbocycles. The molecule has 1 unspecified atom stereocenters. The molecule has 0 radical (unpaired) electrons.